The van der Waals surface area contributed by atoms with E-state index in [1.165, 1.54) is 18.2 Å². The molecule has 0 spiro atoms. The standard InChI is InChI=1S/C27H24FN3O3/c1-19(31-26(32)16-15-25(30-31)22-9-11-23(28)12-10-22)27(33)29-17-20-7-13-24(14-8-20)34-18-21-5-3-2-4-6-21/h2-16,19H,17-18H2,1H3,(H,29,33). The number of benzene rings is 3. The molecule has 6 nitrogen and oxygen atoms in total. The minimum absolute atomic E-state index is 0.300. The Hall–Kier alpha value is -4.26. The summed E-state index contributed by atoms with van der Waals surface area (Å²) >= 11 is 0. The molecule has 0 saturated carbocycles. The predicted octanol–water partition coefficient (Wildman–Crippen LogP) is 4.51. The summed E-state index contributed by atoms with van der Waals surface area (Å²) in [6.07, 6.45) is 0. The van der Waals surface area contributed by atoms with Gasteiger partial charge >= 0.3 is 0 Å². The van der Waals surface area contributed by atoms with E-state index in [0.717, 1.165) is 21.6 Å². The molecule has 1 unspecified atom stereocenters. The molecule has 7 heteroatoms. The lowest BCUT2D eigenvalue weighted by molar-refractivity contribution is -0.124. The van der Waals surface area contributed by atoms with Gasteiger partial charge in [-0.2, -0.15) is 5.10 Å². The topological polar surface area (TPSA) is 73.2 Å². The number of rotatable bonds is 8. The molecule has 0 saturated heterocycles. The molecule has 1 aromatic heterocycles. The van der Waals surface area contributed by atoms with Gasteiger partial charge in [-0.05, 0) is 60.5 Å². The summed E-state index contributed by atoms with van der Waals surface area (Å²) in [4.78, 5) is 25.0. The lowest BCUT2D eigenvalue weighted by Gasteiger charge is -2.15. The van der Waals surface area contributed by atoms with Crippen LogP contribution in [0.1, 0.15) is 24.1 Å². The smallest absolute Gasteiger partial charge is 0.267 e. The van der Waals surface area contributed by atoms with Crippen molar-refractivity contribution in [1.29, 1.82) is 0 Å². The first-order valence-corrected chi connectivity index (χ1v) is 10.9. The molecular formula is C27H24FN3O3. The average molecular weight is 458 g/mol. The zero-order valence-electron chi connectivity index (χ0n) is 18.6. The highest BCUT2D eigenvalue weighted by Crippen LogP contribution is 2.17. The summed E-state index contributed by atoms with van der Waals surface area (Å²) in [7, 11) is 0. The zero-order valence-corrected chi connectivity index (χ0v) is 18.6. The van der Waals surface area contributed by atoms with E-state index in [-0.39, 0.29) is 11.7 Å². The fourth-order valence-electron chi connectivity index (χ4n) is 3.37. The summed E-state index contributed by atoms with van der Waals surface area (Å²) < 4.78 is 20.1. The third kappa shape index (κ3) is 5.75. The fraction of sp³-hybridized carbons (Fsp3) is 0.148. The van der Waals surface area contributed by atoms with Crippen molar-refractivity contribution < 1.29 is 13.9 Å². The minimum Gasteiger partial charge on any atom is -0.489 e. The zero-order chi connectivity index (χ0) is 23.9. The molecular weight excluding hydrogens is 433 g/mol. The first kappa shape index (κ1) is 22.9. The van der Waals surface area contributed by atoms with Crippen molar-refractivity contribution in [2.45, 2.75) is 26.1 Å². The number of halogens is 1. The first-order valence-electron chi connectivity index (χ1n) is 10.9. The molecule has 172 valence electrons. The number of carbonyl (C=O) groups is 1. The van der Waals surface area contributed by atoms with Gasteiger partial charge < -0.3 is 10.1 Å². The third-order valence-electron chi connectivity index (χ3n) is 5.35. The van der Waals surface area contributed by atoms with E-state index in [4.69, 9.17) is 4.74 Å². The molecule has 1 N–H and O–H groups in total. The molecule has 0 aliphatic rings. The SMILES string of the molecule is CC(C(=O)NCc1ccc(OCc2ccccc2)cc1)n1nc(-c2ccc(F)cc2)ccc1=O. The van der Waals surface area contributed by atoms with Gasteiger partial charge in [0.25, 0.3) is 5.56 Å². The summed E-state index contributed by atoms with van der Waals surface area (Å²) in [5, 5.41) is 7.15. The van der Waals surface area contributed by atoms with Gasteiger partial charge in [0.15, 0.2) is 0 Å². The van der Waals surface area contributed by atoms with Crippen LogP contribution >= 0.6 is 0 Å². The average Bonchev–Trinajstić information content (AvgIpc) is 2.87. The van der Waals surface area contributed by atoms with Crippen LogP contribution in [0.4, 0.5) is 4.39 Å². The van der Waals surface area contributed by atoms with Crippen LogP contribution < -0.4 is 15.6 Å². The van der Waals surface area contributed by atoms with Gasteiger partial charge in [0, 0.05) is 18.2 Å². The molecule has 0 radical (unpaired) electrons. The van der Waals surface area contributed by atoms with E-state index in [9.17, 15) is 14.0 Å². The van der Waals surface area contributed by atoms with E-state index in [1.807, 2.05) is 54.6 Å². The van der Waals surface area contributed by atoms with E-state index in [1.54, 1.807) is 25.1 Å². The first-order chi connectivity index (χ1) is 16.5. The lowest BCUT2D eigenvalue weighted by Crippen LogP contribution is -2.36. The van der Waals surface area contributed by atoms with Crippen LogP contribution in [0.25, 0.3) is 11.3 Å². The lowest BCUT2D eigenvalue weighted by atomic mass is 10.1. The van der Waals surface area contributed by atoms with Crippen molar-refractivity contribution in [2.75, 3.05) is 0 Å². The molecule has 3 aromatic carbocycles. The van der Waals surface area contributed by atoms with Gasteiger partial charge in [-0.15, -0.1) is 0 Å². The number of ether oxygens (including phenoxy) is 1. The summed E-state index contributed by atoms with van der Waals surface area (Å²) in [6, 6.07) is 25.2. The fourth-order valence-corrected chi connectivity index (χ4v) is 3.37. The third-order valence-corrected chi connectivity index (χ3v) is 5.35. The van der Waals surface area contributed by atoms with Gasteiger partial charge in [0.2, 0.25) is 5.91 Å². The van der Waals surface area contributed by atoms with E-state index in [0.29, 0.717) is 24.4 Å². The van der Waals surface area contributed by atoms with Crippen molar-refractivity contribution in [3.8, 4) is 17.0 Å². The molecule has 0 bridgehead atoms. The Morgan fingerprint density at radius 2 is 1.65 bits per heavy atom. The van der Waals surface area contributed by atoms with Crippen molar-refractivity contribution in [3.63, 3.8) is 0 Å². The molecule has 1 atom stereocenters. The van der Waals surface area contributed by atoms with Crippen molar-refractivity contribution in [1.82, 2.24) is 15.1 Å². The minimum atomic E-state index is -0.818. The van der Waals surface area contributed by atoms with Gasteiger partial charge in [-0.25, -0.2) is 9.07 Å². The van der Waals surface area contributed by atoms with Crippen LogP contribution in [0, 0.1) is 5.82 Å². The van der Waals surface area contributed by atoms with Gasteiger partial charge in [0.1, 0.15) is 24.2 Å². The van der Waals surface area contributed by atoms with E-state index in [2.05, 4.69) is 10.4 Å². The number of hydrogen-bond acceptors (Lipinski definition) is 4. The largest absolute Gasteiger partial charge is 0.489 e. The molecule has 4 aromatic rings. The van der Waals surface area contributed by atoms with Crippen LogP contribution in [0.15, 0.2) is 95.8 Å². The Kier molecular flexibility index (Phi) is 7.13. The van der Waals surface area contributed by atoms with Crippen LogP contribution in [0.3, 0.4) is 0 Å². The molecule has 1 heterocycles. The second kappa shape index (κ2) is 10.6. The van der Waals surface area contributed by atoms with Crippen LogP contribution in [-0.2, 0) is 17.9 Å². The Labute approximate surface area is 196 Å². The molecule has 0 aliphatic heterocycles. The second-order valence-corrected chi connectivity index (χ2v) is 7.82. The van der Waals surface area contributed by atoms with E-state index >= 15 is 0 Å². The Balaban J connectivity index is 1.36. The highest BCUT2D eigenvalue weighted by molar-refractivity contribution is 5.79. The van der Waals surface area contributed by atoms with Crippen LogP contribution in [-0.4, -0.2) is 15.7 Å². The quantitative estimate of drug-likeness (QED) is 0.423. The number of nitrogens with one attached hydrogen (secondary N) is 1. The molecule has 0 fully saturated rings. The Bertz CT molecular complexity index is 1300. The number of amides is 1. The van der Waals surface area contributed by atoms with Crippen molar-refractivity contribution in [3.05, 3.63) is 118 Å². The maximum absolute atomic E-state index is 13.2. The Morgan fingerprint density at radius 3 is 2.35 bits per heavy atom. The van der Waals surface area contributed by atoms with Crippen LogP contribution in [0.5, 0.6) is 5.75 Å². The Morgan fingerprint density at radius 1 is 0.941 bits per heavy atom. The van der Waals surface area contributed by atoms with E-state index < -0.39 is 11.6 Å². The van der Waals surface area contributed by atoms with Gasteiger partial charge in [-0.3, -0.25) is 9.59 Å². The summed E-state index contributed by atoms with van der Waals surface area (Å²) in [5.41, 5.74) is 2.71. The number of nitrogens with zero attached hydrogens (tertiary/aromatic N) is 2. The maximum Gasteiger partial charge on any atom is 0.267 e. The summed E-state index contributed by atoms with van der Waals surface area (Å²) in [5.74, 6) is 0.0384. The van der Waals surface area contributed by atoms with Crippen molar-refractivity contribution >= 4 is 5.91 Å². The predicted molar refractivity (Wildman–Crippen MR) is 128 cm³/mol. The van der Waals surface area contributed by atoms with Gasteiger partial charge in [-0.1, -0.05) is 42.5 Å². The molecule has 0 aliphatic carbocycles. The normalized spacial score (nSPS) is 11.6. The molecule has 34 heavy (non-hydrogen) atoms. The molecule has 1 amide bonds. The maximum atomic E-state index is 13.2. The second-order valence-electron chi connectivity index (χ2n) is 7.82. The monoisotopic (exact) mass is 457 g/mol. The number of carbonyl (C=O) groups excluding carboxylic acids is 1. The van der Waals surface area contributed by atoms with Gasteiger partial charge in [0.05, 0.1) is 5.69 Å². The summed E-state index contributed by atoms with van der Waals surface area (Å²) in [6.45, 7) is 2.39. The molecule has 4 rings (SSSR count). The number of hydrogen-bond donors (Lipinski definition) is 1. The van der Waals surface area contributed by atoms with Crippen LogP contribution in [0.2, 0.25) is 0 Å². The highest BCUT2D eigenvalue weighted by Gasteiger charge is 2.18. The highest BCUT2D eigenvalue weighted by atomic mass is 19.1. The number of aromatic nitrogens is 2. The van der Waals surface area contributed by atoms with Crippen molar-refractivity contribution in [2.24, 2.45) is 0 Å².